The Morgan fingerprint density at radius 1 is 1.07 bits per heavy atom. The quantitative estimate of drug-likeness (QED) is 0.195. The fourth-order valence-electron chi connectivity index (χ4n) is 2.91. The molecule has 2 N–H and O–H groups in total. The summed E-state index contributed by atoms with van der Waals surface area (Å²) in [7, 11) is 5.11. The van der Waals surface area contributed by atoms with Gasteiger partial charge in [0, 0.05) is 26.7 Å². The average molecular weight is 507 g/mol. The molecule has 7 heteroatoms. The molecule has 1 rings (SSSR count). The van der Waals surface area contributed by atoms with E-state index in [-0.39, 0.29) is 30.1 Å². The van der Waals surface area contributed by atoms with Crippen molar-refractivity contribution in [2.75, 3.05) is 41.0 Å². The first kappa shape index (κ1) is 26.8. The van der Waals surface area contributed by atoms with E-state index in [9.17, 15) is 0 Å². The van der Waals surface area contributed by atoms with E-state index in [0.717, 1.165) is 56.4 Å². The molecule has 0 bridgehead atoms. The van der Waals surface area contributed by atoms with Crippen LogP contribution in [0.1, 0.15) is 39.2 Å². The van der Waals surface area contributed by atoms with Crippen LogP contribution in [0.4, 0.5) is 0 Å². The molecule has 1 aromatic rings. The highest BCUT2D eigenvalue weighted by Crippen LogP contribution is 2.27. The maximum atomic E-state index is 5.78. The molecule has 1 aromatic carbocycles. The van der Waals surface area contributed by atoms with Crippen molar-refractivity contribution in [3.8, 4) is 11.5 Å². The van der Waals surface area contributed by atoms with Crippen molar-refractivity contribution in [2.45, 2.75) is 46.1 Å². The predicted octanol–water partition coefficient (Wildman–Crippen LogP) is 3.87. The van der Waals surface area contributed by atoms with E-state index < -0.39 is 0 Å². The van der Waals surface area contributed by atoms with Crippen LogP contribution in [0.2, 0.25) is 0 Å². The second-order valence-corrected chi connectivity index (χ2v) is 6.75. The molecule has 1 unspecified atom stereocenters. The van der Waals surface area contributed by atoms with Crippen molar-refractivity contribution in [3.63, 3.8) is 0 Å². The van der Waals surface area contributed by atoms with Crippen molar-refractivity contribution >= 4 is 29.9 Å². The van der Waals surface area contributed by atoms with Crippen LogP contribution in [-0.2, 0) is 11.2 Å². The Balaban J connectivity index is 0.00000729. The van der Waals surface area contributed by atoms with Gasteiger partial charge in [0.25, 0.3) is 0 Å². The van der Waals surface area contributed by atoms with Crippen LogP contribution < -0.4 is 20.1 Å². The molecule has 28 heavy (non-hydrogen) atoms. The molecule has 0 saturated carbocycles. The lowest BCUT2D eigenvalue weighted by Crippen LogP contribution is -2.39. The molecule has 0 fully saturated rings. The summed E-state index contributed by atoms with van der Waals surface area (Å²) < 4.78 is 16.4. The Bertz CT molecular complexity index is 568. The molecule has 0 radical (unpaired) electrons. The summed E-state index contributed by atoms with van der Waals surface area (Å²) in [5, 5.41) is 6.74. The van der Waals surface area contributed by atoms with E-state index in [1.165, 1.54) is 5.56 Å². The molecule has 0 aliphatic rings. The second kappa shape index (κ2) is 15.7. The number of aryl methyl sites for hydroxylation is 1. The molecule has 0 heterocycles. The summed E-state index contributed by atoms with van der Waals surface area (Å²) >= 11 is 0. The number of ether oxygens (including phenoxy) is 3. The number of nitrogens with zero attached hydrogens (tertiary/aromatic N) is 1. The molecule has 0 aromatic heterocycles. The predicted molar refractivity (Wildman–Crippen MR) is 128 cm³/mol. The van der Waals surface area contributed by atoms with Crippen LogP contribution in [0.5, 0.6) is 11.5 Å². The Morgan fingerprint density at radius 3 is 2.32 bits per heavy atom. The van der Waals surface area contributed by atoms with E-state index in [0.29, 0.717) is 5.92 Å². The van der Waals surface area contributed by atoms with E-state index in [2.05, 4.69) is 35.5 Å². The van der Waals surface area contributed by atoms with Crippen molar-refractivity contribution in [2.24, 2.45) is 10.9 Å². The molecule has 0 aliphatic heterocycles. The van der Waals surface area contributed by atoms with Crippen LogP contribution in [0.15, 0.2) is 23.2 Å². The van der Waals surface area contributed by atoms with Crippen LogP contribution >= 0.6 is 24.0 Å². The topological polar surface area (TPSA) is 64.1 Å². The van der Waals surface area contributed by atoms with Gasteiger partial charge in [-0.25, -0.2) is 0 Å². The zero-order valence-corrected chi connectivity index (χ0v) is 20.5. The number of guanidine groups is 1. The van der Waals surface area contributed by atoms with Crippen LogP contribution in [0.25, 0.3) is 0 Å². The second-order valence-electron chi connectivity index (χ2n) is 6.75. The van der Waals surface area contributed by atoms with E-state index >= 15 is 0 Å². The van der Waals surface area contributed by atoms with Crippen molar-refractivity contribution in [1.82, 2.24) is 10.6 Å². The van der Waals surface area contributed by atoms with Gasteiger partial charge >= 0.3 is 0 Å². The molecular formula is C21H38IN3O3. The summed E-state index contributed by atoms with van der Waals surface area (Å²) in [5.74, 6) is 2.88. The van der Waals surface area contributed by atoms with Gasteiger partial charge in [-0.05, 0) is 49.8 Å². The highest BCUT2D eigenvalue weighted by atomic mass is 127. The SMILES string of the molecule is CCOC(CCNC(=NC)NCCCc1ccc(OC)c(OC)c1)C(C)C.I. The fraction of sp³-hybridized carbons (Fsp3) is 0.667. The van der Waals surface area contributed by atoms with Gasteiger partial charge in [-0.1, -0.05) is 19.9 Å². The number of rotatable bonds is 12. The first-order chi connectivity index (χ1) is 13.0. The summed E-state index contributed by atoms with van der Waals surface area (Å²) in [6, 6.07) is 6.06. The summed E-state index contributed by atoms with van der Waals surface area (Å²) in [6.07, 6.45) is 3.22. The van der Waals surface area contributed by atoms with Gasteiger partial charge in [-0.3, -0.25) is 4.99 Å². The zero-order valence-electron chi connectivity index (χ0n) is 18.2. The van der Waals surface area contributed by atoms with E-state index in [4.69, 9.17) is 14.2 Å². The summed E-state index contributed by atoms with van der Waals surface area (Å²) in [4.78, 5) is 4.29. The monoisotopic (exact) mass is 507 g/mol. The van der Waals surface area contributed by atoms with Gasteiger partial charge in [0.1, 0.15) is 0 Å². The highest BCUT2D eigenvalue weighted by Gasteiger charge is 2.13. The van der Waals surface area contributed by atoms with Gasteiger partial charge in [0.05, 0.1) is 20.3 Å². The molecular weight excluding hydrogens is 469 g/mol. The molecule has 0 amide bonds. The van der Waals surface area contributed by atoms with Gasteiger partial charge < -0.3 is 24.8 Å². The third kappa shape index (κ3) is 9.82. The molecule has 1 atom stereocenters. The number of nitrogens with one attached hydrogen (secondary N) is 2. The average Bonchev–Trinajstić information content (AvgIpc) is 2.68. The van der Waals surface area contributed by atoms with E-state index in [1.807, 2.05) is 19.1 Å². The lowest BCUT2D eigenvalue weighted by molar-refractivity contribution is 0.0258. The molecule has 162 valence electrons. The number of hydrogen-bond acceptors (Lipinski definition) is 4. The Hall–Kier alpha value is -1.22. The number of benzene rings is 1. The minimum Gasteiger partial charge on any atom is -0.493 e. The van der Waals surface area contributed by atoms with E-state index in [1.54, 1.807) is 21.3 Å². The lowest BCUT2D eigenvalue weighted by Gasteiger charge is -2.21. The van der Waals surface area contributed by atoms with Gasteiger partial charge in [-0.15, -0.1) is 24.0 Å². The standard InChI is InChI=1S/C21H37N3O3.HI/c1-7-27-18(16(2)3)12-14-24-21(22-4)23-13-8-9-17-10-11-19(25-5)20(15-17)26-6;/h10-11,15-16,18H,7-9,12-14H2,1-6H3,(H2,22,23,24);1H. The normalized spacial score (nSPS) is 12.3. The Labute approximate surface area is 187 Å². The third-order valence-corrected chi connectivity index (χ3v) is 4.45. The first-order valence-corrected chi connectivity index (χ1v) is 9.82. The van der Waals surface area contributed by atoms with Crippen LogP contribution in [0, 0.1) is 5.92 Å². The van der Waals surface area contributed by atoms with Crippen LogP contribution in [0.3, 0.4) is 0 Å². The van der Waals surface area contributed by atoms with Gasteiger partial charge in [0.2, 0.25) is 0 Å². The van der Waals surface area contributed by atoms with Crippen LogP contribution in [-0.4, -0.2) is 53.0 Å². The number of hydrogen-bond donors (Lipinski definition) is 2. The zero-order chi connectivity index (χ0) is 20.1. The minimum absolute atomic E-state index is 0. The lowest BCUT2D eigenvalue weighted by atomic mass is 10.0. The van der Waals surface area contributed by atoms with Crippen molar-refractivity contribution in [1.29, 1.82) is 0 Å². The number of methoxy groups -OCH3 is 2. The maximum absolute atomic E-state index is 5.78. The number of halogens is 1. The molecule has 6 nitrogen and oxygen atoms in total. The summed E-state index contributed by atoms with van der Waals surface area (Å²) in [6.45, 7) is 8.89. The highest BCUT2D eigenvalue weighted by molar-refractivity contribution is 14.0. The fourth-order valence-corrected chi connectivity index (χ4v) is 2.91. The minimum atomic E-state index is 0. The van der Waals surface area contributed by atoms with Crippen molar-refractivity contribution < 1.29 is 14.2 Å². The summed E-state index contributed by atoms with van der Waals surface area (Å²) in [5.41, 5.74) is 1.23. The molecule has 0 spiro atoms. The third-order valence-electron chi connectivity index (χ3n) is 4.45. The van der Waals surface area contributed by atoms with Gasteiger partial charge in [0.15, 0.2) is 17.5 Å². The Morgan fingerprint density at radius 2 is 1.75 bits per heavy atom. The smallest absolute Gasteiger partial charge is 0.190 e. The first-order valence-electron chi connectivity index (χ1n) is 9.82. The van der Waals surface area contributed by atoms with Gasteiger partial charge in [-0.2, -0.15) is 0 Å². The van der Waals surface area contributed by atoms with Crippen molar-refractivity contribution in [3.05, 3.63) is 23.8 Å². The largest absolute Gasteiger partial charge is 0.493 e. The number of aliphatic imine (C=N–C) groups is 1. The molecule has 0 saturated heterocycles. The Kier molecular flexibility index (Phi) is 15.0. The maximum Gasteiger partial charge on any atom is 0.190 e. The molecule has 0 aliphatic carbocycles.